The van der Waals surface area contributed by atoms with Crippen molar-refractivity contribution in [3.63, 3.8) is 0 Å². The van der Waals surface area contributed by atoms with Crippen LogP contribution in [0.4, 0.5) is 0 Å². The molecule has 0 aliphatic heterocycles. The standard InChI is InChI=1S/C9H19NO2S2/c11-5-4-10-9(12)8(7-14)3-1-2-6-13/h8,11,13-14H,1-7H2,(H,10,12). The largest absolute Gasteiger partial charge is 0.395 e. The Morgan fingerprint density at radius 3 is 2.57 bits per heavy atom. The summed E-state index contributed by atoms with van der Waals surface area (Å²) in [5.41, 5.74) is 0. The quantitative estimate of drug-likeness (QED) is 0.372. The predicted molar refractivity (Wildman–Crippen MR) is 65.1 cm³/mol. The molecule has 1 atom stereocenters. The molecule has 1 amide bonds. The van der Waals surface area contributed by atoms with Crippen LogP contribution in [-0.2, 0) is 4.79 Å². The number of thiol groups is 2. The molecule has 1 unspecified atom stereocenters. The minimum absolute atomic E-state index is 0.00628. The van der Waals surface area contributed by atoms with E-state index >= 15 is 0 Å². The van der Waals surface area contributed by atoms with Gasteiger partial charge in [-0.05, 0) is 18.6 Å². The van der Waals surface area contributed by atoms with Gasteiger partial charge in [0.25, 0.3) is 0 Å². The maximum atomic E-state index is 11.4. The Morgan fingerprint density at radius 2 is 2.07 bits per heavy atom. The minimum Gasteiger partial charge on any atom is -0.395 e. The smallest absolute Gasteiger partial charge is 0.224 e. The number of aliphatic hydroxyl groups excluding tert-OH is 1. The lowest BCUT2D eigenvalue weighted by Crippen LogP contribution is -2.33. The van der Waals surface area contributed by atoms with E-state index in [4.69, 9.17) is 5.11 Å². The number of carbonyl (C=O) groups excluding carboxylic acids is 1. The van der Waals surface area contributed by atoms with Gasteiger partial charge in [0, 0.05) is 18.2 Å². The van der Waals surface area contributed by atoms with Crippen molar-refractivity contribution in [2.75, 3.05) is 24.7 Å². The molecular formula is C9H19NO2S2. The van der Waals surface area contributed by atoms with Crippen LogP contribution in [0, 0.1) is 5.92 Å². The zero-order valence-electron chi connectivity index (χ0n) is 8.28. The number of carbonyl (C=O) groups is 1. The van der Waals surface area contributed by atoms with Crippen molar-refractivity contribution in [3.05, 3.63) is 0 Å². The van der Waals surface area contributed by atoms with E-state index in [1.165, 1.54) is 0 Å². The van der Waals surface area contributed by atoms with E-state index in [9.17, 15) is 4.79 Å². The topological polar surface area (TPSA) is 49.3 Å². The van der Waals surface area contributed by atoms with Crippen LogP contribution in [0.1, 0.15) is 19.3 Å². The van der Waals surface area contributed by atoms with Gasteiger partial charge in [-0.2, -0.15) is 25.3 Å². The molecule has 0 aliphatic rings. The third kappa shape index (κ3) is 6.56. The number of amides is 1. The molecule has 3 nitrogen and oxygen atoms in total. The molecule has 0 saturated heterocycles. The lowest BCUT2D eigenvalue weighted by atomic mass is 10.0. The van der Waals surface area contributed by atoms with Gasteiger partial charge in [0.05, 0.1) is 6.61 Å². The monoisotopic (exact) mass is 237 g/mol. The molecular weight excluding hydrogens is 218 g/mol. The first kappa shape index (κ1) is 14.1. The summed E-state index contributed by atoms with van der Waals surface area (Å²) in [5, 5.41) is 11.2. The molecule has 2 N–H and O–H groups in total. The van der Waals surface area contributed by atoms with Crippen LogP contribution in [0.5, 0.6) is 0 Å². The molecule has 0 spiro atoms. The normalized spacial score (nSPS) is 12.5. The Balaban J connectivity index is 3.69. The Morgan fingerprint density at radius 1 is 1.36 bits per heavy atom. The van der Waals surface area contributed by atoms with Crippen molar-refractivity contribution >= 4 is 31.2 Å². The molecule has 84 valence electrons. The zero-order chi connectivity index (χ0) is 10.8. The summed E-state index contributed by atoms with van der Waals surface area (Å²) >= 11 is 8.24. The second kappa shape index (κ2) is 9.68. The molecule has 0 rings (SSSR count). The van der Waals surface area contributed by atoms with Gasteiger partial charge in [0.2, 0.25) is 5.91 Å². The number of hydrogen-bond acceptors (Lipinski definition) is 4. The average molecular weight is 237 g/mol. The summed E-state index contributed by atoms with van der Waals surface area (Å²) in [6.45, 7) is 0.317. The van der Waals surface area contributed by atoms with Crippen LogP contribution < -0.4 is 5.32 Å². The van der Waals surface area contributed by atoms with Crippen LogP contribution in [0.2, 0.25) is 0 Å². The van der Waals surface area contributed by atoms with Crippen molar-refractivity contribution in [3.8, 4) is 0 Å². The van der Waals surface area contributed by atoms with Crippen LogP contribution in [0.3, 0.4) is 0 Å². The fourth-order valence-electron chi connectivity index (χ4n) is 1.13. The van der Waals surface area contributed by atoms with Crippen molar-refractivity contribution in [1.29, 1.82) is 0 Å². The van der Waals surface area contributed by atoms with E-state index < -0.39 is 0 Å². The summed E-state index contributed by atoms with van der Waals surface area (Å²) in [4.78, 5) is 11.4. The molecule has 0 saturated carbocycles. The van der Waals surface area contributed by atoms with Crippen LogP contribution in [-0.4, -0.2) is 35.7 Å². The van der Waals surface area contributed by atoms with Gasteiger partial charge in [0.15, 0.2) is 0 Å². The summed E-state index contributed by atoms with van der Waals surface area (Å²) in [6.07, 6.45) is 2.88. The minimum atomic E-state index is -0.0373. The molecule has 0 aromatic carbocycles. The van der Waals surface area contributed by atoms with Crippen LogP contribution in [0.25, 0.3) is 0 Å². The van der Waals surface area contributed by atoms with Crippen LogP contribution in [0.15, 0.2) is 0 Å². The summed E-state index contributed by atoms with van der Waals surface area (Å²) < 4.78 is 0. The van der Waals surface area contributed by atoms with Crippen molar-refractivity contribution in [2.45, 2.75) is 19.3 Å². The van der Waals surface area contributed by atoms with Crippen molar-refractivity contribution in [2.24, 2.45) is 5.92 Å². The Bertz CT molecular complexity index is 156. The van der Waals surface area contributed by atoms with E-state index in [1.54, 1.807) is 0 Å². The lowest BCUT2D eigenvalue weighted by molar-refractivity contribution is -0.124. The van der Waals surface area contributed by atoms with E-state index in [-0.39, 0.29) is 18.4 Å². The summed E-state index contributed by atoms with van der Waals surface area (Å²) in [7, 11) is 0. The highest BCUT2D eigenvalue weighted by molar-refractivity contribution is 7.80. The molecule has 0 aromatic rings. The predicted octanol–water partition coefficient (Wildman–Crippen LogP) is 0.741. The second-order valence-electron chi connectivity index (χ2n) is 3.11. The van der Waals surface area contributed by atoms with E-state index in [2.05, 4.69) is 30.6 Å². The maximum Gasteiger partial charge on any atom is 0.224 e. The molecule has 5 heteroatoms. The number of unbranched alkanes of at least 4 members (excludes halogenated alkanes) is 1. The van der Waals surface area contributed by atoms with Crippen molar-refractivity contribution < 1.29 is 9.90 Å². The Kier molecular flexibility index (Phi) is 9.77. The van der Waals surface area contributed by atoms with E-state index in [0.717, 1.165) is 25.0 Å². The first-order valence-electron chi connectivity index (χ1n) is 4.86. The molecule has 0 radical (unpaired) electrons. The lowest BCUT2D eigenvalue weighted by Gasteiger charge is -2.13. The number of rotatable bonds is 8. The SMILES string of the molecule is O=C(NCCO)C(CS)CCCCS. The summed E-state index contributed by atoms with van der Waals surface area (Å²) in [6, 6.07) is 0. The Hall–Kier alpha value is 0.130. The van der Waals surface area contributed by atoms with Gasteiger partial charge in [-0.1, -0.05) is 6.42 Å². The molecule has 0 fully saturated rings. The highest BCUT2D eigenvalue weighted by Gasteiger charge is 2.15. The number of hydrogen-bond donors (Lipinski definition) is 4. The van der Waals surface area contributed by atoms with Gasteiger partial charge in [-0.3, -0.25) is 4.79 Å². The molecule has 0 bridgehead atoms. The molecule has 0 heterocycles. The first-order valence-corrected chi connectivity index (χ1v) is 6.13. The van der Waals surface area contributed by atoms with E-state index in [0.29, 0.717) is 12.3 Å². The second-order valence-corrected chi connectivity index (χ2v) is 3.93. The van der Waals surface area contributed by atoms with Gasteiger partial charge in [-0.15, -0.1) is 0 Å². The third-order valence-electron chi connectivity index (χ3n) is 1.96. The van der Waals surface area contributed by atoms with Gasteiger partial charge < -0.3 is 10.4 Å². The number of aliphatic hydroxyl groups is 1. The third-order valence-corrected chi connectivity index (χ3v) is 2.72. The van der Waals surface area contributed by atoms with Crippen molar-refractivity contribution in [1.82, 2.24) is 5.32 Å². The summed E-state index contributed by atoms with van der Waals surface area (Å²) in [5.74, 6) is 1.37. The van der Waals surface area contributed by atoms with Gasteiger partial charge in [-0.25, -0.2) is 0 Å². The Labute approximate surface area is 96.5 Å². The molecule has 0 aliphatic carbocycles. The van der Waals surface area contributed by atoms with Crippen LogP contribution >= 0.6 is 25.3 Å². The molecule has 14 heavy (non-hydrogen) atoms. The maximum absolute atomic E-state index is 11.4. The first-order chi connectivity index (χ1) is 6.76. The fraction of sp³-hybridized carbons (Fsp3) is 0.889. The van der Waals surface area contributed by atoms with Gasteiger partial charge in [0.1, 0.15) is 0 Å². The highest BCUT2D eigenvalue weighted by Crippen LogP contribution is 2.10. The zero-order valence-corrected chi connectivity index (χ0v) is 10.1. The van der Waals surface area contributed by atoms with E-state index in [1.807, 2.05) is 0 Å². The number of nitrogens with one attached hydrogen (secondary N) is 1. The highest BCUT2D eigenvalue weighted by atomic mass is 32.1. The van der Waals surface area contributed by atoms with Gasteiger partial charge >= 0.3 is 0 Å². The fourth-order valence-corrected chi connectivity index (χ4v) is 1.70. The average Bonchev–Trinajstić information content (AvgIpc) is 2.21. The molecule has 0 aromatic heterocycles.